The van der Waals surface area contributed by atoms with E-state index in [1.54, 1.807) is 13.8 Å². The normalized spacial score (nSPS) is 11.6. The van der Waals surface area contributed by atoms with Gasteiger partial charge in [0.25, 0.3) is 5.69 Å². The van der Waals surface area contributed by atoms with Crippen LogP contribution in [-0.4, -0.2) is 29.2 Å². The molecule has 0 aliphatic heterocycles. The highest BCUT2D eigenvalue weighted by Crippen LogP contribution is 2.29. The van der Waals surface area contributed by atoms with E-state index in [-0.39, 0.29) is 16.5 Å². The minimum absolute atomic E-state index is 0.0393. The van der Waals surface area contributed by atoms with Crippen molar-refractivity contribution in [1.29, 1.82) is 0 Å². The van der Waals surface area contributed by atoms with E-state index in [2.05, 4.69) is 16.6 Å². The number of nitro groups is 1. The van der Waals surface area contributed by atoms with Crippen LogP contribution < -0.4 is 0 Å². The first kappa shape index (κ1) is 15.1. The molecule has 0 amide bonds. The van der Waals surface area contributed by atoms with E-state index in [0.29, 0.717) is 4.88 Å². The summed E-state index contributed by atoms with van der Waals surface area (Å²) in [4.78, 5) is 21.8. The van der Waals surface area contributed by atoms with Gasteiger partial charge in [-0.25, -0.2) is 4.79 Å². The molecular weight excluding hydrogens is 270 g/mol. The number of aliphatic hydroxyl groups excluding tert-OH is 1. The Morgan fingerprint density at radius 1 is 1.58 bits per heavy atom. The van der Waals surface area contributed by atoms with E-state index in [1.807, 2.05) is 0 Å². The Morgan fingerprint density at radius 3 is 2.68 bits per heavy atom. The van der Waals surface area contributed by atoms with Crippen molar-refractivity contribution in [3.8, 4) is 11.8 Å². The van der Waals surface area contributed by atoms with Gasteiger partial charge in [-0.05, 0) is 5.92 Å². The Bertz CT molecular complexity index is 552. The molecule has 7 heteroatoms. The van der Waals surface area contributed by atoms with Crippen molar-refractivity contribution in [2.45, 2.75) is 20.0 Å². The van der Waals surface area contributed by atoms with Gasteiger partial charge in [-0.3, -0.25) is 10.1 Å². The van der Waals surface area contributed by atoms with E-state index < -0.39 is 17.0 Å². The smallest absolute Gasteiger partial charge is 0.355 e. The summed E-state index contributed by atoms with van der Waals surface area (Å²) in [5, 5.41) is 20.3. The van der Waals surface area contributed by atoms with E-state index in [0.717, 1.165) is 18.4 Å². The number of thiophene rings is 1. The molecule has 0 aliphatic carbocycles. The average molecular weight is 283 g/mol. The monoisotopic (exact) mass is 283 g/mol. The molecule has 0 saturated carbocycles. The molecule has 1 rings (SSSR count). The second kappa shape index (κ2) is 6.31. The fourth-order valence-electron chi connectivity index (χ4n) is 1.13. The number of ether oxygens (including phenoxy) is 1. The van der Waals surface area contributed by atoms with Crippen LogP contribution >= 0.6 is 11.3 Å². The number of nitrogens with zero attached hydrogens (tertiary/aromatic N) is 1. The van der Waals surface area contributed by atoms with E-state index >= 15 is 0 Å². The molecule has 0 bridgehead atoms. The number of carbonyl (C=O) groups excluding carboxylic acids is 1. The van der Waals surface area contributed by atoms with Gasteiger partial charge in [0, 0.05) is 6.07 Å². The minimum Gasteiger partial charge on any atom is -0.465 e. The maximum atomic E-state index is 11.4. The third-order valence-corrected chi connectivity index (χ3v) is 3.27. The summed E-state index contributed by atoms with van der Waals surface area (Å²) >= 11 is 0.873. The standard InChI is InChI=1S/C12H13NO5S/c1-7(2)10(14)5-4-8-6-9(13(16)17)11(19-8)12(15)18-3/h6-7,10,14H,1-3H3. The van der Waals surface area contributed by atoms with Gasteiger partial charge in [-0.15, -0.1) is 11.3 Å². The van der Waals surface area contributed by atoms with Crippen molar-refractivity contribution in [2.24, 2.45) is 5.92 Å². The zero-order chi connectivity index (χ0) is 14.6. The number of rotatable bonds is 3. The highest BCUT2D eigenvalue weighted by atomic mass is 32.1. The molecule has 1 heterocycles. The van der Waals surface area contributed by atoms with Crippen molar-refractivity contribution >= 4 is 23.0 Å². The first-order chi connectivity index (χ1) is 8.86. The van der Waals surface area contributed by atoms with Crippen LogP contribution in [0.5, 0.6) is 0 Å². The van der Waals surface area contributed by atoms with Crippen molar-refractivity contribution in [3.05, 3.63) is 25.9 Å². The Balaban J connectivity index is 3.12. The van der Waals surface area contributed by atoms with Crippen molar-refractivity contribution in [3.63, 3.8) is 0 Å². The second-order valence-corrected chi connectivity index (χ2v) is 5.08. The van der Waals surface area contributed by atoms with Crippen LogP contribution in [0.2, 0.25) is 0 Å². The summed E-state index contributed by atoms with van der Waals surface area (Å²) in [6.07, 6.45) is -0.817. The summed E-state index contributed by atoms with van der Waals surface area (Å²) in [7, 11) is 1.15. The van der Waals surface area contributed by atoms with Crippen LogP contribution in [-0.2, 0) is 4.74 Å². The summed E-state index contributed by atoms with van der Waals surface area (Å²) in [5.41, 5.74) is -0.333. The lowest BCUT2D eigenvalue weighted by molar-refractivity contribution is -0.384. The average Bonchev–Trinajstić information content (AvgIpc) is 2.79. The molecule has 1 aromatic rings. The summed E-state index contributed by atoms with van der Waals surface area (Å²) in [6, 6.07) is 1.21. The molecule has 6 nitrogen and oxygen atoms in total. The number of aliphatic hydroxyl groups is 1. The highest BCUT2D eigenvalue weighted by molar-refractivity contribution is 7.15. The molecule has 0 aromatic carbocycles. The lowest BCUT2D eigenvalue weighted by Gasteiger charge is -2.04. The lowest BCUT2D eigenvalue weighted by atomic mass is 10.1. The maximum Gasteiger partial charge on any atom is 0.355 e. The molecule has 0 saturated heterocycles. The second-order valence-electron chi connectivity index (χ2n) is 4.03. The third-order valence-electron chi connectivity index (χ3n) is 2.25. The molecule has 1 N–H and O–H groups in total. The number of carbonyl (C=O) groups is 1. The molecule has 0 aliphatic rings. The van der Waals surface area contributed by atoms with Gasteiger partial charge < -0.3 is 9.84 Å². The topological polar surface area (TPSA) is 89.7 Å². The predicted octanol–water partition coefficient (Wildman–Crippen LogP) is 1.81. The number of hydrogen-bond donors (Lipinski definition) is 1. The Hall–Kier alpha value is -1.91. The van der Waals surface area contributed by atoms with Gasteiger partial charge in [0.1, 0.15) is 6.10 Å². The van der Waals surface area contributed by atoms with Crippen LogP contribution in [0, 0.1) is 27.9 Å². The van der Waals surface area contributed by atoms with E-state index in [4.69, 9.17) is 0 Å². The van der Waals surface area contributed by atoms with Crippen LogP contribution in [0.25, 0.3) is 0 Å². The Morgan fingerprint density at radius 2 is 2.21 bits per heavy atom. The number of esters is 1. The molecule has 102 valence electrons. The number of methoxy groups -OCH3 is 1. The Labute approximate surface area is 114 Å². The molecule has 0 radical (unpaired) electrons. The maximum absolute atomic E-state index is 11.4. The highest BCUT2D eigenvalue weighted by Gasteiger charge is 2.25. The first-order valence-corrected chi connectivity index (χ1v) is 6.24. The van der Waals surface area contributed by atoms with Crippen LogP contribution in [0.15, 0.2) is 6.07 Å². The summed E-state index contributed by atoms with van der Waals surface area (Å²) < 4.78 is 4.47. The van der Waals surface area contributed by atoms with Gasteiger partial charge in [-0.1, -0.05) is 25.7 Å². The molecular formula is C12H13NO5S. The molecule has 1 aromatic heterocycles. The third kappa shape index (κ3) is 3.77. The van der Waals surface area contributed by atoms with Crippen molar-refractivity contribution in [2.75, 3.05) is 7.11 Å². The fraction of sp³-hybridized carbons (Fsp3) is 0.417. The summed E-state index contributed by atoms with van der Waals surface area (Å²) in [5.74, 6) is 4.39. The van der Waals surface area contributed by atoms with Crippen LogP contribution in [0.1, 0.15) is 28.4 Å². The van der Waals surface area contributed by atoms with Crippen LogP contribution in [0.4, 0.5) is 5.69 Å². The minimum atomic E-state index is -0.817. The van der Waals surface area contributed by atoms with Crippen LogP contribution in [0.3, 0.4) is 0 Å². The zero-order valence-corrected chi connectivity index (χ0v) is 11.5. The molecule has 1 atom stereocenters. The van der Waals surface area contributed by atoms with E-state index in [9.17, 15) is 20.0 Å². The van der Waals surface area contributed by atoms with Gasteiger partial charge in [-0.2, -0.15) is 0 Å². The first-order valence-electron chi connectivity index (χ1n) is 5.43. The summed E-state index contributed by atoms with van der Waals surface area (Å²) in [6.45, 7) is 3.60. The van der Waals surface area contributed by atoms with Gasteiger partial charge >= 0.3 is 5.97 Å². The van der Waals surface area contributed by atoms with Gasteiger partial charge in [0.15, 0.2) is 4.88 Å². The lowest BCUT2D eigenvalue weighted by Crippen LogP contribution is -2.11. The Kier molecular flexibility index (Phi) is 5.03. The quantitative estimate of drug-likeness (QED) is 0.395. The number of hydrogen-bond acceptors (Lipinski definition) is 6. The molecule has 0 spiro atoms. The SMILES string of the molecule is COC(=O)c1sc(C#CC(O)C(C)C)cc1[N+](=O)[O-]. The molecule has 1 unspecified atom stereocenters. The van der Waals surface area contributed by atoms with Crippen molar-refractivity contribution < 1.29 is 19.6 Å². The molecule has 19 heavy (non-hydrogen) atoms. The zero-order valence-electron chi connectivity index (χ0n) is 10.7. The predicted molar refractivity (Wildman–Crippen MR) is 70.0 cm³/mol. The van der Waals surface area contributed by atoms with Crippen molar-refractivity contribution in [1.82, 2.24) is 0 Å². The fourth-order valence-corrected chi connectivity index (χ4v) is 2.03. The van der Waals surface area contributed by atoms with E-state index in [1.165, 1.54) is 6.07 Å². The molecule has 0 fully saturated rings. The van der Waals surface area contributed by atoms with Gasteiger partial charge in [0.2, 0.25) is 0 Å². The van der Waals surface area contributed by atoms with Gasteiger partial charge in [0.05, 0.1) is 16.9 Å². The largest absolute Gasteiger partial charge is 0.465 e.